The normalized spacial score (nSPS) is 30.6. The summed E-state index contributed by atoms with van der Waals surface area (Å²) in [5.41, 5.74) is 0. The van der Waals surface area contributed by atoms with Crippen molar-refractivity contribution in [3.63, 3.8) is 0 Å². The molecule has 0 amide bonds. The molecule has 1 nitrogen and oxygen atoms in total. The highest BCUT2D eigenvalue weighted by molar-refractivity contribution is 4.78. The number of hydrogen-bond donors (Lipinski definition) is 1. The molecule has 0 aliphatic heterocycles. The Kier molecular flexibility index (Phi) is 4.94. The Morgan fingerprint density at radius 1 is 1.21 bits per heavy atom. The van der Waals surface area contributed by atoms with E-state index in [0.29, 0.717) is 0 Å². The molecule has 3 unspecified atom stereocenters. The van der Waals surface area contributed by atoms with Crippen LogP contribution in [-0.2, 0) is 0 Å². The van der Waals surface area contributed by atoms with Crippen molar-refractivity contribution in [1.29, 1.82) is 0 Å². The van der Waals surface area contributed by atoms with Crippen LogP contribution in [0.5, 0.6) is 0 Å². The Morgan fingerprint density at radius 2 is 1.93 bits per heavy atom. The van der Waals surface area contributed by atoms with Gasteiger partial charge < -0.3 is 5.32 Å². The number of hydrogen-bond acceptors (Lipinski definition) is 1. The fourth-order valence-electron chi connectivity index (χ4n) is 2.52. The van der Waals surface area contributed by atoms with Crippen LogP contribution in [0.1, 0.15) is 53.4 Å². The quantitative estimate of drug-likeness (QED) is 0.728. The van der Waals surface area contributed by atoms with Gasteiger partial charge in [-0.1, -0.05) is 33.6 Å². The van der Waals surface area contributed by atoms with Crippen LogP contribution in [0.15, 0.2) is 0 Å². The molecule has 1 aliphatic rings. The molecule has 0 aromatic rings. The van der Waals surface area contributed by atoms with Gasteiger partial charge in [0.25, 0.3) is 0 Å². The van der Waals surface area contributed by atoms with E-state index in [1.807, 2.05) is 0 Å². The Morgan fingerprint density at radius 3 is 2.50 bits per heavy atom. The van der Waals surface area contributed by atoms with Gasteiger partial charge in [-0.3, -0.25) is 0 Å². The minimum absolute atomic E-state index is 0.722. The lowest BCUT2D eigenvalue weighted by Crippen LogP contribution is -2.37. The third-order valence-electron chi connectivity index (χ3n) is 3.53. The van der Waals surface area contributed by atoms with Gasteiger partial charge in [0.2, 0.25) is 0 Å². The zero-order chi connectivity index (χ0) is 10.6. The van der Waals surface area contributed by atoms with E-state index in [1.54, 1.807) is 0 Å². The Hall–Kier alpha value is -0.0400. The molecule has 0 spiro atoms. The van der Waals surface area contributed by atoms with Gasteiger partial charge in [-0.2, -0.15) is 0 Å². The van der Waals surface area contributed by atoms with Gasteiger partial charge in [0.05, 0.1) is 0 Å². The highest BCUT2D eigenvalue weighted by Crippen LogP contribution is 2.30. The second-order valence-electron chi connectivity index (χ2n) is 5.62. The first kappa shape index (κ1) is 12.0. The molecular formula is C13H27N. The van der Waals surface area contributed by atoms with Gasteiger partial charge in [-0.15, -0.1) is 0 Å². The second kappa shape index (κ2) is 5.75. The second-order valence-corrected chi connectivity index (χ2v) is 5.62. The number of nitrogens with one attached hydrogen (secondary N) is 1. The van der Waals surface area contributed by atoms with Gasteiger partial charge in [0.1, 0.15) is 0 Å². The summed E-state index contributed by atoms with van der Waals surface area (Å²) in [4.78, 5) is 0. The van der Waals surface area contributed by atoms with E-state index in [9.17, 15) is 0 Å². The smallest absolute Gasteiger partial charge is 0.00672 e. The lowest BCUT2D eigenvalue weighted by atomic mass is 9.79. The van der Waals surface area contributed by atoms with Crippen molar-refractivity contribution in [2.75, 3.05) is 6.54 Å². The first-order valence-electron chi connectivity index (χ1n) is 6.33. The highest BCUT2D eigenvalue weighted by Gasteiger charge is 2.23. The van der Waals surface area contributed by atoms with Crippen LogP contribution >= 0.6 is 0 Å². The lowest BCUT2D eigenvalue weighted by molar-refractivity contribution is 0.228. The Balaban J connectivity index is 2.25. The fraction of sp³-hybridized carbons (Fsp3) is 1.00. The van der Waals surface area contributed by atoms with Crippen LogP contribution in [0.3, 0.4) is 0 Å². The lowest BCUT2D eigenvalue weighted by Gasteiger charge is -2.32. The molecule has 14 heavy (non-hydrogen) atoms. The maximum atomic E-state index is 3.67. The Labute approximate surface area is 89.7 Å². The van der Waals surface area contributed by atoms with E-state index >= 15 is 0 Å². The van der Waals surface area contributed by atoms with E-state index in [2.05, 4.69) is 33.0 Å². The van der Waals surface area contributed by atoms with E-state index in [-0.39, 0.29) is 0 Å². The summed E-state index contributed by atoms with van der Waals surface area (Å²) in [6.45, 7) is 10.5. The van der Waals surface area contributed by atoms with Crippen molar-refractivity contribution in [2.24, 2.45) is 17.8 Å². The van der Waals surface area contributed by atoms with Gasteiger partial charge in [-0.25, -0.2) is 0 Å². The van der Waals surface area contributed by atoms with E-state index in [4.69, 9.17) is 0 Å². The molecular weight excluding hydrogens is 170 g/mol. The van der Waals surface area contributed by atoms with Crippen molar-refractivity contribution >= 4 is 0 Å². The van der Waals surface area contributed by atoms with Crippen molar-refractivity contribution in [2.45, 2.75) is 59.4 Å². The highest BCUT2D eigenvalue weighted by atomic mass is 14.9. The molecule has 1 fully saturated rings. The van der Waals surface area contributed by atoms with Gasteiger partial charge in [-0.05, 0) is 44.1 Å². The maximum absolute atomic E-state index is 3.67. The van der Waals surface area contributed by atoms with Crippen molar-refractivity contribution in [3.05, 3.63) is 0 Å². The van der Waals surface area contributed by atoms with Crippen molar-refractivity contribution < 1.29 is 0 Å². The van der Waals surface area contributed by atoms with Gasteiger partial charge >= 0.3 is 0 Å². The largest absolute Gasteiger partial charge is 0.314 e. The fourth-order valence-corrected chi connectivity index (χ4v) is 2.52. The minimum Gasteiger partial charge on any atom is -0.314 e. The maximum Gasteiger partial charge on any atom is 0.00672 e. The zero-order valence-corrected chi connectivity index (χ0v) is 10.3. The third kappa shape index (κ3) is 4.00. The summed E-state index contributed by atoms with van der Waals surface area (Å²) in [7, 11) is 0. The molecule has 0 bridgehead atoms. The SMILES string of the molecule is CC(C)CNC(C)C1CCCC(C)C1. The third-order valence-corrected chi connectivity index (χ3v) is 3.53. The molecule has 1 aliphatic carbocycles. The average Bonchev–Trinajstić information content (AvgIpc) is 2.14. The van der Waals surface area contributed by atoms with Crippen LogP contribution in [0.2, 0.25) is 0 Å². The summed E-state index contributed by atoms with van der Waals surface area (Å²) < 4.78 is 0. The van der Waals surface area contributed by atoms with E-state index in [1.165, 1.54) is 32.2 Å². The van der Waals surface area contributed by atoms with Crippen LogP contribution < -0.4 is 5.32 Å². The molecule has 1 rings (SSSR count). The summed E-state index contributed by atoms with van der Waals surface area (Å²) in [5.74, 6) is 2.66. The molecule has 1 heteroatoms. The summed E-state index contributed by atoms with van der Waals surface area (Å²) >= 11 is 0. The standard InChI is InChI=1S/C13H27N/c1-10(2)9-14-12(4)13-7-5-6-11(3)8-13/h10-14H,5-9H2,1-4H3. The summed E-state index contributed by atoms with van der Waals surface area (Å²) in [6, 6.07) is 0.722. The Bertz CT molecular complexity index is 153. The van der Waals surface area contributed by atoms with Crippen LogP contribution in [0, 0.1) is 17.8 Å². The molecule has 0 radical (unpaired) electrons. The molecule has 0 aromatic carbocycles. The van der Waals surface area contributed by atoms with Gasteiger partial charge in [0, 0.05) is 6.04 Å². The molecule has 0 aromatic heterocycles. The van der Waals surface area contributed by atoms with E-state index < -0.39 is 0 Å². The first-order valence-corrected chi connectivity index (χ1v) is 6.33. The molecule has 84 valence electrons. The van der Waals surface area contributed by atoms with Crippen molar-refractivity contribution in [1.82, 2.24) is 5.32 Å². The number of rotatable bonds is 4. The molecule has 0 saturated heterocycles. The minimum atomic E-state index is 0.722. The average molecular weight is 197 g/mol. The molecule has 1 saturated carbocycles. The topological polar surface area (TPSA) is 12.0 Å². The summed E-state index contributed by atoms with van der Waals surface area (Å²) in [5, 5.41) is 3.67. The predicted molar refractivity (Wildman–Crippen MR) is 63.4 cm³/mol. The molecule has 0 heterocycles. The molecule has 1 N–H and O–H groups in total. The predicted octanol–water partition coefficient (Wildman–Crippen LogP) is 3.45. The van der Waals surface area contributed by atoms with E-state index in [0.717, 1.165) is 23.8 Å². The van der Waals surface area contributed by atoms with Crippen LogP contribution in [0.25, 0.3) is 0 Å². The first-order chi connectivity index (χ1) is 6.59. The summed E-state index contributed by atoms with van der Waals surface area (Å²) in [6.07, 6.45) is 5.77. The zero-order valence-electron chi connectivity index (χ0n) is 10.3. The van der Waals surface area contributed by atoms with Crippen molar-refractivity contribution in [3.8, 4) is 0 Å². The van der Waals surface area contributed by atoms with Crippen LogP contribution in [0.4, 0.5) is 0 Å². The monoisotopic (exact) mass is 197 g/mol. The van der Waals surface area contributed by atoms with Gasteiger partial charge in [0.15, 0.2) is 0 Å². The molecule has 3 atom stereocenters. The van der Waals surface area contributed by atoms with Crippen LogP contribution in [-0.4, -0.2) is 12.6 Å².